The normalized spacial score (nSPS) is 15.2. The molecule has 0 radical (unpaired) electrons. The molecule has 3 aromatic rings. The molecule has 164 valence electrons. The summed E-state index contributed by atoms with van der Waals surface area (Å²) in [6.07, 6.45) is -0.748. The fourth-order valence-electron chi connectivity index (χ4n) is 3.42. The quantitative estimate of drug-likeness (QED) is 0.461. The molecule has 1 aliphatic heterocycles. The van der Waals surface area contributed by atoms with E-state index in [9.17, 15) is 19.7 Å². The maximum atomic E-state index is 12.9. The van der Waals surface area contributed by atoms with E-state index in [0.717, 1.165) is 16.3 Å². The molecular formula is C22H20N4O5S. The van der Waals surface area contributed by atoms with E-state index in [4.69, 9.17) is 4.74 Å². The first-order valence-corrected chi connectivity index (χ1v) is 10.7. The van der Waals surface area contributed by atoms with Gasteiger partial charge in [-0.1, -0.05) is 6.07 Å². The summed E-state index contributed by atoms with van der Waals surface area (Å²) in [4.78, 5) is 42.0. The number of nitrogens with zero attached hydrogens (tertiary/aromatic N) is 3. The van der Waals surface area contributed by atoms with Crippen LogP contribution in [-0.2, 0) is 9.59 Å². The number of hydrogen-bond acceptors (Lipinski definition) is 7. The number of fused-ring (bicyclic) bond motifs is 1. The van der Waals surface area contributed by atoms with Crippen LogP contribution >= 0.6 is 11.3 Å². The van der Waals surface area contributed by atoms with Crippen molar-refractivity contribution in [2.45, 2.75) is 26.9 Å². The third-order valence-electron chi connectivity index (χ3n) is 5.09. The Morgan fingerprint density at radius 2 is 2.06 bits per heavy atom. The van der Waals surface area contributed by atoms with Crippen LogP contribution in [0.4, 0.5) is 17.1 Å². The second-order valence-electron chi connectivity index (χ2n) is 7.42. The predicted octanol–water partition coefficient (Wildman–Crippen LogP) is 4.09. The number of amides is 2. The van der Waals surface area contributed by atoms with Crippen molar-refractivity contribution in [3.8, 4) is 17.0 Å². The number of anilines is 2. The van der Waals surface area contributed by atoms with Crippen LogP contribution in [0.5, 0.6) is 5.75 Å². The minimum atomic E-state index is -0.748. The lowest BCUT2D eigenvalue weighted by Gasteiger charge is -2.33. The fourth-order valence-corrected chi connectivity index (χ4v) is 4.04. The number of ether oxygens (including phenoxy) is 1. The molecule has 0 fully saturated rings. The summed E-state index contributed by atoms with van der Waals surface area (Å²) in [5.41, 5.74) is 2.92. The van der Waals surface area contributed by atoms with Crippen molar-refractivity contribution in [2.75, 3.05) is 16.8 Å². The number of carbonyl (C=O) groups is 2. The molecule has 2 amide bonds. The zero-order valence-corrected chi connectivity index (χ0v) is 18.4. The van der Waals surface area contributed by atoms with Gasteiger partial charge in [0.1, 0.15) is 12.3 Å². The molecule has 1 unspecified atom stereocenters. The molecule has 0 bridgehead atoms. The van der Waals surface area contributed by atoms with Crippen LogP contribution in [0.25, 0.3) is 11.3 Å². The van der Waals surface area contributed by atoms with Crippen LogP contribution in [0.2, 0.25) is 0 Å². The Morgan fingerprint density at radius 1 is 1.28 bits per heavy atom. The molecule has 9 nitrogen and oxygen atoms in total. The van der Waals surface area contributed by atoms with Crippen LogP contribution in [-0.4, -0.2) is 34.4 Å². The van der Waals surface area contributed by atoms with Gasteiger partial charge in [-0.3, -0.25) is 24.6 Å². The summed E-state index contributed by atoms with van der Waals surface area (Å²) < 4.78 is 5.72. The van der Waals surface area contributed by atoms with Crippen LogP contribution in [0.1, 0.15) is 17.5 Å². The SMILES string of the molecule is Cc1nc(-c2ccc3c(c2)N(CC(=O)Nc2cc([N+](=O)[O-])ccc2C)C(=O)C(C)O3)cs1. The maximum absolute atomic E-state index is 12.9. The highest BCUT2D eigenvalue weighted by molar-refractivity contribution is 7.09. The zero-order valence-electron chi connectivity index (χ0n) is 17.6. The monoisotopic (exact) mass is 452 g/mol. The smallest absolute Gasteiger partial charge is 0.271 e. The molecule has 32 heavy (non-hydrogen) atoms. The summed E-state index contributed by atoms with van der Waals surface area (Å²) in [6, 6.07) is 9.63. The van der Waals surface area contributed by atoms with Gasteiger partial charge in [0.25, 0.3) is 11.6 Å². The lowest BCUT2D eigenvalue weighted by molar-refractivity contribution is -0.384. The molecule has 0 saturated carbocycles. The first-order valence-electron chi connectivity index (χ1n) is 9.82. The number of aromatic nitrogens is 1. The highest BCUT2D eigenvalue weighted by Gasteiger charge is 2.33. The van der Waals surface area contributed by atoms with Crippen molar-refractivity contribution in [3.05, 3.63) is 62.5 Å². The number of carbonyl (C=O) groups excluding carboxylic acids is 2. The highest BCUT2D eigenvalue weighted by Crippen LogP contribution is 2.37. The van der Waals surface area contributed by atoms with Crippen LogP contribution in [0, 0.1) is 24.0 Å². The number of rotatable bonds is 5. The number of non-ortho nitro benzene ring substituents is 1. The van der Waals surface area contributed by atoms with E-state index < -0.39 is 16.9 Å². The third kappa shape index (κ3) is 4.17. The molecule has 1 N–H and O–H groups in total. The van der Waals surface area contributed by atoms with Gasteiger partial charge in [-0.2, -0.15) is 0 Å². The summed E-state index contributed by atoms with van der Waals surface area (Å²) in [7, 11) is 0. The number of hydrogen-bond donors (Lipinski definition) is 1. The minimum absolute atomic E-state index is 0.129. The van der Waals surface area contributed by atoms with Crippen molar-refractivity contribution in [3.63, 3.8) is 0 Å². The van der Waals surface area contributed by atoms with Gasteiger partial charge in [-0.05, 0) is 44.5 Å². The highest BCUT2D eigenvalue weighted by atomic mass is 32.1. The van der Waals surface area contributed by atoms with Gasteiger partial charge in [0.2, 0.25) is 5.91 Å². The van der Waals surface area contributed by atoms with Crippen LogP contribution in [0.15, 0.2) is 41.8 Å². The average Bonchev–Trinajstić information content (AvgIpc) is 3.19. The minimum Gasteiger partial charge on any atom is -0.479 e. The third-order valence-corrected chi connectivity index (χ3v) is 5.86. The Hall–Kier alpha value is -3.79. The first kappa shape index (κ1) is 21.4. The van der Waals surface area contributed by atoms with Gasteiger partial charge in [-0.25, -0.2) is 4.98 Å². The van der Waals surface area contributed by atoms with Gasteiger partial charge >= 0.3 is 0 Å². The lowest BCUT2D eigenvalue weighted by Crippen LogP contribution is -2.47. The van der Waals surface area contributed by atoms with Gasteiger partial charge in [0.15, 0.2) is 6.10 Å². The molecule has 0 aliphatic carbocycles. The second kappa shape index (κ2) is 8.39. The molecule has 4 rings (SSSR count). The zero-order chi connectivity index (χ0) is 23.0. The van der Waals surface area contributed by atoms with Crippen molar-refractivity contribution in [1.82, 2.24) is 4.98 Å². The topological polar surface area (TPSA) is 115 Å². The van der Waals surface area contributed by atoms with Crippen molar-refractivity contribution in [1.29, 1.82) is 0 Å². The summed E-state index contributed by atoms with van der Waals surface area (Å²) in [5.74, 6) is -0.334. The molecule has 0 spiro atoms. The number of nitro groups is 1. The summed E-state index contributed by atoms with van der Waals surface area (Å²) >= 11 is 1.52. The maximum Gasteiger partial charge on any atom is 0.271 e. The molecule has 0 saturated heterocycles. The predicted molar refractivity (Wildman–Crippen MR) is 121 cm³/mol. The van der Waals surface area contributed by atoms with Crippen molar-refractivity contribution < 1.29 is 19.2 Å². The largest absolute Gasteiger partial charge is 0.479 e. The Balaban J connectivity index is 1.62. The fraction of sp³-hybridized carbons (Fsp3) is 0.227. The number of nitrogens with one attached hydrogen (secondary N) is 1. The first-order chi connectivity index (χ1) is 15.2. The van der Waals surface area contributed by atoms with Crippen molar-refractivity contribution in [2.24, 2.45) is 0 Å². The lowest BCUT2D eigenvalue weighted by atomic mass is 10.1. The number of thiazole rings is 1. The van der Waals surface area contributed by atoms with E-state index in [1.165, 1.54) is 28.4 Å². The van der Waals surface area contributed by atoms with E-state index >= 15 is 0 Å². The molecular weight excluding hydrogens is 432 g/mol. The molecule has 2 heterocycles. The summed E-state index contributed by atoms with van der Waals surface area (Å²) in [5, 5.41) is 16.6. The van der Waals surface area contributed by atoms with Crippen LogP contribution in [0.3, 0.4) is 0 Å². The molecule has 1 atom stereocenters. The molecule has 1 aliphatic rings. The van der Waals surface area contributed by atoms with Gasteiger partial charge in [-0.15, -0.1) is 11.3 Å². The van der Waals surface area contributed by atoms with Gasteiger partial charge in [0, 0.05) is 23.1 Å². The van der Waals surface area contributed by atoms with E-state index in [-0.39, 0.29) is 18.1 Å². The molecule has 2 aromatic carbocycles. The van der Waals surface area contributed by atoms with E-state index in [2.05, 4.69) is 10.3 Å². The Bertz CT molecular complexity index is 1240. The van der Waals surface area contributed by atoms with E-state index in [1.54, 1.807) is 32.0 Å². The number of aryl methyl sites for hydroxylation is 2. The average molecular weight is 452 g/mol. The molecule has 1 aromatic heterocycles. The van der Waals surface area contributed by atoms with Gasteiger partial charge < -0.3 is 10.1 Å². The van der Waals surface area contributed by atoms with Gasteiger partial charge in [0.05, 0.1) is 27.0 Å². The number of benzene rings is 2. The van der Waals surface area contributed by atoms with E-state index in [0.29, 0.717) is 22.7 Å². The van der Waals surface area contributed by atoms with Crippen LogP contribution < -0.4 is 15.0 Å². The van der Waals surface area contributed by atoms with Crippen molar-refractivity contribution >= 4 is 40.2 Å². The Kier molecular flexibility index (Phi) is 5.62. The Labute approximate surface area is 187 Å². The molecule has 10 heteroatoms. The Morgan fingerprint density at radius 3 is 2.75 bits per heavy atom. The standard InChI is InChI=1S/C22H20N4O5S/c1-12-4-6-16(26(29)30)9-17(12)24-21(27)10-25-19-8-15(18-11-32-14(3)23-18)5-7-20(19)31-13(2)22(25)28/h4-9,11,13H,10H2,1-3H3,(H,24,27). The summed E-state index contributed by atoms with van der Waals surface area (Å²) in [6.45, 7) is 5.01. The second-order valence-corrected chi connectivity index (χ2v) is 8.49. The van der Waals surface area contributed by atoms with E-state index in [1.807, 2.05) is 18.4 Å². The number of nitro benzene ring substituents is 1.